The van der Waals surface area contributed by atoms with E-state index in [2.05, 4.69) is 33.6 Å². The summed E-state index contributed by atoms with van der Waals surface area (Å²) in [6.45, 7) is 2.62. The van der Waals surface area contributed by atoms with Gasteiger partial charge in [0.25, 0.3) is 0 Å². The number of fused-ring (bicyclic) bond motifs is 5. The largest absolute Gasteiger partial charge is 0.378 e. The molecule has 5 rings (SSSR count). The molecule has 0 amide bonds. The maximum Gasteiger partial charge on any atom is 0.162 e. The molecule has 6 nitrogen and oxygen atoms in total. The molecule has 7 heteroatoms. The molecule has 1 N–H and O–H groups in total. The van der Waals surface area contributed by atoms with Crippen LogP contribution < -0.4 is 0 Å². The van der Waals surface area contributed by atoms with E-state index in [-0.39, 0.29) is 23.7 Å². The van der Waals surface area contributed by atoms with Crippen LogP contribution in [-0.2, 0) is 11.3 Å². The predicted molar refractivity (Wildman–Crippen MR) is 112 cm³/mol. The van der Waals surface area contributed by atoms with E-state index in [1.54, 1.807) is 0 Å². The molecule has 162 valence electrons. The second-order valence-corrected chi connectivity index (χ2v) is 10.7. The summed E-state index contributed by atoms with van der Waals surface area (Å²) in [5.74, 6) is 6.59. The average molecular weight is 431 g/mol. The molecule has 1 aromatic rings. The van der Waals surface area contributed by atoms with Crippen LogP contribution in [0.2, 0.25) is 0 Å². The van der Waals surface area contributed by atoms with Gasteiger partial charge < -0.3 is 5.11 Å². The Kier molecular flexibility index (Phi) is 5.18. The number of halogens is 1. The monoisotopic (exact) mass is 430 g/mol. The van der Waals surface area contributed by atoms with Crippen molar-refractivity contribution in [1.82, 2.24) is 20.2 Å². The van der Waals surface area contributed by atoms with E-state index in [4.69, 9.17) is 11.6 Å². The summed E-state index contributed by atoms with van der Waals surface area (Å²) in [5.41, 5.74) is -0.787. The highest BCUT2D eigenvalue weighted by Gasteiger charge is 2.58. The fourth-order valence-corrected chi connectivity index (χ4v) is 8.30. The highest BCUT2D eigenvalue weighted by molar-refractivity contribution is 6.30. The molecule has 1 aromatic heterocycles. The second-order valence-electron chi connectivity index (χ2n) is 10.5. The lowest BCUT2D eigenvalue weighted by molar-refractivity contribution is -0.132. The number of carbonyl (C=O) groups excluding carboxylic acids is 1. The number of Topliss-reactive ketones (excluding diaryl/α,β-unsaturated/α-hetero) is 1. The molecule has 30 heavy (non-hydrogen) atoms. The van der Waals surface area contributed by atoms with E-state index in [1.165, 1.54) is 30.4 Å². The van der Waals surface area contributed by atoms with Gasteiger partial charge in [0, 0.05) is 11.3 Å². The van der Waals surface area contributed by atoms with Gasteiger partial charge in [0.15, 0.2) is 12.1 Å². The van der Waals surface area contributed by atoms with Crippen LogP contribution >= 0.6 is 11.6 Å². The summed E-state index contributed by atoms with van der Waals surface area (Å²) in [6.07, 6.45) is 10.9. The first-order valence-corrected chi connectivity index (χ1v) is 11.9. The van der Waals surface area contributed by atoms with Crippen molar-refractivity contribution in [2.24, 2.45) is 40.9 Å². The van der Waals surface area contributed by atoms with Crippen molar-refractivity contribution in [2.45, 2.75) is 76.9 Å². The number of nitrogens with zero attached hydrogens (tertiary/aromatic N) is 4. The zero-order chi connectivity index (χ0) is 20.9. The van der Waals surface area contributed by atoms with Gasteiger partial charge in [-0.1, -0.05) is 12.8 Å². The molecule has 8 atom stereocenters. The summed E-state index contributed by atoms with van der Waals surface area (Å²) in [6, 6.07) is 0. The smallest absolute Gasteiger partial charge is 0.162 e. The highest BCUT2D eigenvalue weighted by Crippen LogP contribution is 2.64. The van der Waals surface area contributed by atoms with Crippen LogP contribution in [0.3, 0.4) is 0 Å². The van der Waals surface area contributed by atoms with E-state index < -0.39 is 5.60 Å². The normalized spacial score (nSPS) is 44.9. The van der Waals surface area contributed by atoms with Crippen LogP contribution in [0.1, 0.15) is 64.7 Å². The van der Waals surface area contributed by atoms with E-state index in [9.17, 15) is 9.90 Å². The molecule has 0 spiro atoms. The number of hydrogen-bond acceptors (Lipinski definition) is 5. The topological polar surface area (TPSA) is 80.9 Å². The summed E-state index contributed by atoms with van der Waals surface area (Å²) in [5, 5.41) is 24.9. The van der Waals surface area contributed by atoms with Crippen LogP contribution in [0.25, 0.3) is 0 Å². The maximum absolute atomic E-state index is 13.1. The molecule has 0 aliphatic heterocycles. The fourth-order valence-electron chi connectivity index (χ4n) is 8.12. The molecule has 4 aliphatic carbocycles. The fraction of sp³-hybridized carbons (Fsp3) is 0.826. The van der Waals surface area contributed by atoms with Gasteiger partial charge >= 0.3 is 0 Å². The zero-order valence-electron chi connectivity index (χ0n) is 17.6. The second kappa shape index (κ2) is 7.60. The Morgan fingerprint density at radius 1 is 1.17 bits per heavy atom. The lowest BCUT2D eigenvalue weighted by atomic mass is 9.49. The van der Waals surface area contributed by atoms with E-state index >= 15 is 0 Å². The third-order valence-corrected chi connectivity index (χ3v) is 9.46. The van der Waals surface area contributed by atoms with Gasteiger partial charge in [-0.2, -0.15) is 4.80 Å². The molecule has 4 aliphatic rings. The number of carbonyl (C=O) groups is 1. The SMILES string of the molecule is C[C@]12CC[C@H]3[C@@H](CC[C@@H]4C[C@@](O)(C#CCl)CC[C@@H]43)[C@@H]1CC[C@@H]2C(=O)Cn1ncnn1. The van der Waals surface area contributed by atoms with Gasteiger partial charge in [-0.3, -0.25) is 4.79 Å². The van der Waals surface area contributed by atoms with E-state index in [1.807, 2.05) is 0 Å². The minimum absolute atomic E-state index is 0.102. The van der Waals surface area contributed by atoms with Crippen LogP contribution in [0.15, 0.2) is 6.33 Å². The first-order chi connectivity index (χ1) is 14.4. The quantitative estimate of drug-likeness (QED) is 0.743. The zero-order valence-corrected chi connectivity index (χ0v) is 18.4. The van der Waals surface area contributed by atoms with Gasteiger partial charge in [-0.25, -0.2) is 0 Å². The van der Waals surface area contributed by atoms with Gasteiger partial charge in [-0.05, 0) is 110 Å². The van der Waals surface area contributed by atoms with Crippen LogP contribution in [-0.4, -0.2) is 36.7 Å². The Hall–Kier alpha value is -1.45. The van der Waals surface area contributed by atoms with Crippen molar-refractivity contribution < 1.29 is 9.90 Å². The minimum Gasteiger partial charge on any atom is -0.378 e. The van der Waals surface area contributed by atoms with E-state index in [0.717, 1.165) is 50.4 Å². The Balaban J connectivity index is 1.31. The van der Waals surface area contributed by atoms with Crippen molar-refractivity contribution in [3.63, 3.8) is 0 Å². The van der Waals surface area contributed by atoms with Gasteiger partial charge in [0.05, 0.1) is 0 Å². The Labute approximate surface area is 183 Å². The summed E-state index contributed by atoms with van der Waals surface area (Å²) in [4.78, 5) is 14.5. The maximum atomic E-state index is 13.1. The average Bonchev–Trinajstić information content (AvgIpc) is 3.34. The lowest BCUT2D eigenvalue weighted by Gasteiger charge is -2.56. The minimum atomic E-state index is -0.890. The number of aliphatic hydroxyl groups is 1. The first kappa shape index (κ1) is 20.5. The molecule has 0 aromatic carbocycles. The summed E-state index contributed by atoms with van der Waals surface area (Å²) in [7, 11) is 0. The number of hydrogen-bond donors (Lipinski definition) is 1. The molecule has 4 saturated carbocycles. The number of ketones is 1. The lowest BCUT2D eigenvalue weighted by Crippen LogP contribution is -2.51. The van der Waals surface area contributed by atoms with Crippen molar-refractivity contribution >= 4 is 17.4 Å². The molecule has 4 fully saturated rings. The third kappa shape index (κ3) is 3.29. The summed E-state index contributed by atoms with van der Waals surface area (Å²) >= 11 is 5.61. The van der Waals surface area contributed by atoms with Crippen LogP contribution in [0.4, 0.5) is 0 Å². The van der Waals surface area contributed by atoms with Crippen molar-refractivity contribution in [3.05, 3.63) is 6.33 Å². The van der Waals surface area contributed by atoms with Crippen molar-refractivity contribution in [2.75, 3.05) is 0 Å². The molecule has 1 heterocycles. The molecular weight excluding hydrogens is 400 g/mol. The molecule has 0 unspecified atom stereocenters. The van der Waals surface area contributed by atoms with Crippen LogP contribution in [0.5, 0.6) is 0 Å². The molecule has 0 bridgehead atoms. The molecular formula is C23H31ClN4O2. The van der Waals surface area contributed by atoms with Crippen molar-refractivity contribution in [1.29, 1.82) is 0 Å². The number of aromatic nitrogens is 4. The van der Waals surface area contributed by atoms with Gasteiger partial charge in [-0.15, -0.1) is 10.2 Å². The standard InChI is InChI=1S/C23H31ClN4O2/c1-22-8-6-17-16-7-9-23(30,10-11-24)12-15(16)2-3-18(17)19(22)4-5-20(22)21(29)13-28-26-14-25-27-28/h14-20,30H,2-9,12-13H2,1H3/t15-,16+,17-,18-,19+,20-,22+,23+/m1/s1. The Morgan fingerprint density at radius 2 is 2.00 bits per heavy atom. The van der Waals surface area contributed by atoms with Crippen molar-refractivity contribution in [3.8, 4) is 11.3 Å². The number of rotatable bonds is 3. The predicted octanol–water partition coefficient (Wildman–Crippen LogP) is 3.44. The Morgan fingerprint density at radius 3 is 2.77 bits per heavy atom. The third-order valence-electron chi connectivity index (χ3n) is 9.37. The highest BCUT2D eigenvalue weighted by atomic mass is 35.5. The summed E-state index contributed by atoms with van der Waals surface area (Å²) < 4.78 is 0. The van der Waals surface area contributed by atoms with Gasteiger partial charge in [0.2, 0.25) is 0 Å². The Bertz CT molecular complexity index is 864. The van der Waals surface area contributed by atoms with Crippen LogP contribution in [0, 0.1) is 52.2 Å². The molecule has 0 saturated heterocycles. The molecule has 0 radical (unpaired) electrons. The van der Waals surface area contributed by atoms with E-state index in [0.29, 0.717) is 17.8 Å². The number of tetrazole rings is 1. The van der Waals surface area contributed by atoms with Gasteiger partial charge in [0.1, 0.15) is 12.1 Å². The first-order valence-electron chi connectivity index (χ1n) is 11.5.